The number of primary amides is 1. The maximum absolute atomic E-state index is 13.8. The van der Waals surface area contributed by atoms with Crippen LogP contribution in [0.3, 0.4) is 0 Å². The van der Waals surface area contributed by atoms with Gasteiger partial charge in [0.1, 0.15) is 11.4 Å². The molecule has 0 saturated carbocycles. The van der Waals surface area contributed by atoms with Crippen molar-refractivity contribution >= 4 is 35.0 Å². The van der Waals surface area contributed by atoms with Gasteiger partial charge in [-0.25, -0.2) is 4.68 Å². The zero-order valence-corrected chi connectivity index (χ0v) is 24.8. The van der Waals surface area contributed by atoms with Gasteiger partial charge in [0.05, 0.1) is 25.0 Å². The van der Waals surface area contributed by atoms with E-state index in [1.165, 1.54) is 6.20 Å². The van der Waals surface area contributed by atoms with Crippen molar-refractivity contribution in [3.8, 4) is 39.6 Å². The lowest BCUT2D eigenvalue weighted by molar-refractivity contribution is 0.0644. The van der Waals surface area contributed by atoms with Crippen molar-refractivity contribution in [2.24, 2.45) is 5.73 Å². The van der Waals surface area contributed by atoms with Gasteiger partial charge < -0.3 is 20.1 Å². The molecule has 0 saturated heterocycles. The second-order valence-electron chi connectivity index (χ2n) is 10.7. The highest BCUT2D eigenvalue weighted by molar-refractivity contribution is 6.34. The fourth-order valence-electron chi connectivity index (χ4n) is 4.66. The molecule has 2 amide bonds. The van der Waals surface area contributed by atoms with Gasteiger partial charge in [0.25, 0.3) is 5.91 Å². The molecule has 9 nitrogen and oxygen atoms in total. The van der Waals surface area contributed by atoms with Gasteiger partial charge in [-0.2, -0.15) is 5.10 Å². The average molecular weight is 594 g/mol. The molecule has 0 aliphatic carbocycles. The zero-order chi connectivity index (χ0) is 29.6. The number of aromatic nitrogens is 3. The molecule has 2 aromatic heterocycles. The highest BCUT2D eigenvalue weighted by Gasteiger charge is 2.34. The minimum atomic E-state index is -0.592. The first-order chi connectivity index (χ1) is 19.4. The molecule has 3 heterocycles. The lowest BCUT2D eigenvalue weighted by Crippen LogP contribution is -2.42. The van der Waals surface area contributed by atoms with Crippen molar-refractivity contribution in [2.75, 3.05) is 20.8 Å². The molecular weight excluding hydrogens is 565 g/mol. The molecule has 0 fully saturated rings. The van der Waals surface area contributed by atoms with Crippen molar-refractivity contribution in [1.82, 2.24) is 19.7 Å². The van der Waals surface area contributed by atoms with Gasteiger partial charge in [-0.05, 0) is 62.7 Å². The van der Waals surface area contributed by atoms with Crippen LogP contribution in [0.15, 0.2) is 48.8 Å². The Kier molecular flexibility index (Phi) is 7.44. The molecule has 0 radical (unpaired) electrons. The highest BCUT2D eigenvalue weighted by Crippen LogP contribution is 2.45. The number of nitrogens with two attached hydrogens (primary N) is 1. The molecular formula is C30H29Cl2N5O4. The Bertz CT molecular complexity index is 1670. The first-order valence-corrected chi connectivity index (χ1v) is 13.6. The van der Waals surface area contributed by atoms with Gasteiger partial charge in [0, 0.05) is 58.1 Å². The summed E-state index contributed by atoms with van der Waals surface area (Å²) in [4.78, 5) is 31.5. The fourth-order valence-corrected chi connectivity index (χ4v) is 5.17. The summed E-state index contributed by atoms with van der Waals surface area (Å²) in [7, 11) is 3.31. The Hall–Kier alpha value is -4.08. The van der Waals surface area contributed by atoms with E-state index in [-0.39, 0.29) is 17.2 Å². The molecule has 0 bridgehead atoms. The van der Waals surface area contributed by atoms with E-state index in [4.69, 9.17) is 43.5 Å². The highest BCUT2D eigenvalue weighted by atomic mass is 35.5. The SMILES string of the molecule is COc1cc2c(cc1-c1cncc(C(N)=O)c1)-c1c(c(C(=O)N(C)C(C)(C)C)nn1-c1cc(Cl)cc(Cl)c1)OCC2. The van der Waals surface area contributed by atoms with Gasteiger partial charge >= 0.3 is 0 Å². The number of methoxy groups -OCH3 is 1. The van der Waals surface area contributed by atoms with Gasteiger partial charge in [-0.15, -0.1) is 0 Å². The number of carbonyl (C=O) groups excluding carboxylic acids is 2. The molecule has 1 aliphatic heterocycles. The molecule has 5 rings (SSSR count). The largest absolute Gasteiger partial charge is 0.496 e. The van der Waals surface area contributed by atoms with Crippen LogP contribution in [0.1, 0.15) is 47.2 Å². The molecule has 11 heteroatoms. The maximum atomic E-state index is 13.8. The van der Waals surface area contributed by atoms with Gasteiger partial charge in [-0.1, -0.05) is 23.2 Å². The summed E-state index contributed by atoms with van der Waals surface area (Å²) in [5.74, 6) is 0.0410. The fraction of sp³-hybridized carbons (Fsp3) is 0.267. The summed E-state index contributed by atoms with van der Waals surface area (Å²) >= 11 is 12.8. The molecule has 2 aromatic carbocycles. The van der Waals surface area contributed by atoms with Crippen LogP contribution in [0.4, 0.5) is 0 Å². The normalized spacial score (nSPS) is 12.6. The summed E-state index contributed by atoms with van der Waals surface area (Å²) < 4.78 is 13.7. The number of benzene rings is 2. The average Bonchev–Trinajstić information content (AvgIpc) is 3.20. The maximum Gasteiger partial charge on any atom is 0.278 e. The Morgan fingerprint density at radius 3 is 2.39 bits per heavy atom. The summed E-state index contributed by atoms with van der Waals surface area (Å²) in [5, 5.41) is 5.61. The minimum absolute atomic E-state index is 0.163. The summed E-state index contributed by atoms with van der Waals surface area (Å²) in [5.41, 5.74) is 9.59. The molecule has 41 heavy (non-hydrogen) atoms. The van der Waals surface area contributed by atoms with Crippen molar-refractivity contribution in [2.45, 2.75) is 32.7 Å². The number of halogens is 2. The third-order valence-corrected chi connectivity index (χ3v) is 7.52. The number of carbonyl (C=O) groups is 2. The number of hydrogen-bond donors (Lipinski definition) is 1. The van der Waals surface area contributed by atoms with E-state index >= 15 is 0 Å². The number of amides is 2. The topological polar surface area (TPSA) is 113 Å². The number of fused-ring (bicyclic) bond motifs is 3. The van der Waals surface area contributed by atoms with Crippen molar-refractivity contribution in [3.63, 3.8) is 0 Å². The molecule has 4 aromatic rings. The minimum Gasteiger partial charge on any atom is -0.496 e. The quantitative estimate of drug-likeness (QED) is 0.312. The van der Waals surface area contributed by atoms with E-state index in [1.54, 1.807) is 54.2 Å². The Balaban J connectivity index is 1.82. The van der Waals surface area contributed by atoms with Crippen LogP contribution in [-0.2, 0) is 6.42 Å². The smallest absolute Gasteiger partial charge is 0.278 e. The Morgan fingerprint density at radius 2 is 1.76 bits per heavy atom. The lowest BCUT2D eigenvalue weighted by atomic mass is 9.94. The summed E-state index contributed by atoms with van der Waals surface area (Å²) in [6.45, 7) is 6.14. The van der Waals surface area contributed by atoms with Crippen LogP contribution in [-0.4, -0.2) is 57.8 Å². The molecule has 0 unspecified atom stereocenters. The number of rotatable bonds is 5. The second-order valence-corrected chi connectivity index (χ2v) is 11.6. The Labute approximate surface area is 247 Å². The van der Waals surface area contributed by atoms with Crippen LogP contribution in [0.25, 0.3) is 28.1 Å². The van der Waals surface area contributed by atoms with E-state index in [0.717, 1.165) is 11.1 Å². The molecule has 1 aliphatic rings. The van der Waals surface area contributed by atoms with Gasteiger partial charge in [0.2, 0.25) is 5.91 Å². The van der Waals surface area contributed by atoms with Gasteiger partial charge in [0.15, 0.2) is 11.4 Å². The standard InChI is InChI=1S/C30H29Cl2N5O4/c1-30(2,3)36(4)29(39)25-27-26(37(35-25)21-11-19(31)10-20(32)12-21)23-13-22(17-8-18(28(33)38)15-34-14-17)24(40-5)9-16(23)6-7-41-27/h8-15H,6-7H2,1-5H3,(H2,33,38). The van der Waals surface area contributed by atoms with Gasteiger partial charge in [-0.3, -0.25) is 14.6 Å². The van der Waals surface area contributed by atoms with Crippen LogP contribution in [0.5, 0.6) is 11.5 Å². The number of nitrogens with zero attached hydrogens (tertiary/aromatic N) is 4. The predicted molar refractivity (Wildman–Crippen MR) is 158 cm³/mol. The van der Waals surface area contributed by atoms with Crippen molar-refractivity contribution in [3.05, 3.63) is 75.7 Å². The molecule has 2 N–H and O–H groups in total. The number of ether oxygens (including phenoxy) is 2. The number of pyridine rings is 1. The zero-order valence-electron chi connectivity index (χ0n) is 23.3. The van der Waals surface area contributed by atoms with Crippen LogP contribution in [0, 0.1) is 0 Å². The summed E-state index contributed by atoms with van der Waals surface area (Å²) in [6.07, 6.45) is 3.58. The first kappa shape index (κ1) is 28.4. The van der Waals surface area contributed by atoms with Crippen LogP contribution < -0.4 is 15.2 Å². The van der Waals surface area contributed by atoms with E-state index in [0.29, 0.717) is 57.1 Å². The Morgan fingerprint density at radius 1 is 1.05 bits per heavy atom. The van der Waals surface area contributed by atoms with Crippen molar-refractivity contribution in [1.29, 1.82) is 0 Å². The van der Waals surface area contributed by atoms with E-state index < -0.39 is 11.4 Å². The van der Waals surface area contributed by atoms with Crippen LogP contribution in [0.2, 0.25) is 10.0 Å². The van der Waals surface area contributed by atoms with Crippen molar-refractivity contribution < 1.29 is 19.1 Å². The molecule has 212 valence electrons. The van der Waals surface area contributed by atoms with E-state index in [9.17, 15) is 9.59 Å². The lowest BCUT2D eigenvalue weighted by Gasteiger charge is -2.31. The monoisotopic (exact) mass is 593 g/mol. The summed E-state index contributed by atoms with van der Waals surface area (Å²) in [6, 6.07) is 10.6. The second kappa shape index (κ2) is 10.7. The number of hydrogen-bond acceptors (Lipinski definition) is 6. The molecule has 0 spiro atoms. The van der Waals surface area contributed by atoms with E-state index in [1.807, 2.05) is 32.9 Å². The predicted octanol–water partition coefficient (Wildman–Crippen LogP) is 5.82. The van der Waals surface area contributed by atoms with Crippen LogP contribution >= 0.6 is 23.2 Å². The third kappa shape index (κ3) is 5.35. The first-order valence-electron chi connectivity index (χ1n) is 12.9. The molecule has 0 atom stereocenters. The third-order valence-electron chi connectivity index (χ3n) is 7.08. The van der Waals surface area contributed by atoms with E-state index in [2.05, 4.69) is 4.98 Å².